The number of anilines is 1. The van der Waals surface area contributed by atoms with Crippen molar-refractivity contribution in [2.45, 2.75) is 26.9 Å². The maximum atomic E-state index is 11.3. The molecule has 2 aromatic rings. The van der Waals surface area contributed by atoms with Gasteiger partial charge in [0, 0.05) is 56.2 Å². The number of aromatic nitrogens is 3. The van der Waals surface area contributed by atoms with Gasteiger partial charge in [0.1, 0.15) is 5.82 Å². The van der Waals surface area contributed by atoms with E-state index in [1.54, 1.807) is 13.1 Å². The first-order chi connectivity index (χ1) is 12.1. The van der Waals surface area contributed by atoms with Crippen LogP contribution in [-0.4, -0.2) is 51.6 Å². The van der Waals surface area contributed by atoms with Gasteiger partial charge in [-0.3, -0.25) is 14.4 Å². The molecule has 0 spiro atoms. The van der Waals surface area contributed by atoms with Gasteiger partial charge >= 0.3 is 0 Å². The van der Waals surface area contributed by atoms with Crippen molar-refractivity contribution in [2.24, 2.45) is 0 Å². The molecule has 25 heavy (non-hydrogen) atoms. The number of Topliss-reactive ketones (excluding diaryl/α,β-unsaturated/α-hetero) is 1. The predicted octanol–water partition coefficient (Wildman–Crippen LogP) is 2.30. The fourth-order valence-electron chi connectivity index (χ4n) is 3.10. The molecular weight excluding hydrogens is 314 g/mol. The number of pyridine rings is 1. The number of carbonyl (C=O) groups excluding carboxylic acids is 1. The Morgan fingerprint density at radius 1 is 1.28 bits per heavy atom. The highest BCUT2D eigenvalue weighted by atomic mass is 16.1. The molecule has 0 radical (unpaired) electrons. The van der Waals surface area contributed by atoms with Crippen LogP contribution in [0.2, 0.25) is 0 Å². The number of piperazine rings is 1. The van der Waals surface area contributed by atoms with Crippen LogP contribution in [0.4, 0.5) is 5.82 Å². The lowest BCUT2D eigenvalue weighted by molar-refractivity contribution is 0.101. The third-order valence-corrected chi connectivity index (χ3v) is 4.61. The average molecular weight is 339 g/mol. The number of hydrogen-bond acceptors (Lipinski definition) is 5. The van der Waals surface area contributed by atoms with Gasteiger partial charge in [0.15, 0.2) is 5.78 Å². The lowest BCUT2D eigenvalue weighted by atomic mass is 10.2. The Morgan fingerprint density at radius 2 is 2.04 bits per heavy atom. The Kier molecular flexibility index (Phi) is 5.28. The summed E-state index contributed by atoms with van der Waals surface area (Å²) in [7, 11) is 0. The number of aryl methyl sites for hydroxylation is 1. The van der Waals surface area contributed by atoms with Crippen LogP contribution in [0.25, 0.3) is 0 Å². The molecule has 1 aliphatic heterocycles. The van der Waals surface area contributed by atoms with Gasteiger partial charge in [-0.15, -0.1) is 6.58 Å². The van der Waals surface area contributed by atoms with Crippen molar-refractivity contribution in [2.75, 3.05) is 31.1 Å². The minimum absolute atomic E-state index is 0.0521. The molecule has 1 aliphatic rings. The molecule has 0 aromatic carbocycles. The van der Waals surface area contributed by atoms with Gasteiger partial charge in [0.05, 0.1) is 12.2 Å². The van der Waals surface area contributed by atoms with E-state index in [-0.39, 0.29) is 5.78 Å². The quantitative estimate of drug-likeness (QED) is 0.597. The molecule has 132 valence electrons. The summed E-state index contributed by atoms with van der Waals surface area (Å²) in [5.41, 5.74) is 3.03. The van der Waals surface area contributed by atoms with E-state index in [9.17, 15) is 4.79 Å². The number of allylic oxidation sites excluding steroid dienone is 1. The van der Waals surface area contributed by atoms with Gasteiger partial charge in [-0.25, -0.2) is 4.98 Å². The van der Waals surface area contributed by atoms with Crippen LogP contribution >= 0.6 is 0 Å². The minimum Gasteiger partial charge on any atom is -0.354 e. The molecule has 6 nitrogen and oxygen atoms in total. The summed E-state index contributed by atoms with van der Waals surface area (Å²) in [4.78, 5) is 20.5. The van der Waals surface area contributed by atoms with Crippen molar-refractivity contribution >= 4 is 11.6 Å². The average Bonchev–Trinajstić information content (AvgIpc) is 2.95. The zero-order valence-corrected chi connectivity index (χ0v) is 15.0. The van der Waals surface area contributed by atoms with Crippen molar-refractivity contribution < 1.29 is 4.79 Å². The Balaban J connectivity index is 1.56. The highest BCUT2D eigenvalue weighted by Gasteiger charge is 2.19. The number of rotatable bonds is 6. The monoisotopic (exact) mass is 339 g/mol. The highest BCUT2D eigenvalue weighted by molar-refractivity contribution is 5.93. The zero-order valence-electron chi connectivity index (χ0n) is 15.0. The van der Waals surface area contributed by atoms with E-state index in [1.807, 2.05) is 22.9 Å². The van der Waals surface area contributed by atoms with Crippen LogP contribution in [0.3, 0.4) is 0 Å². The second kappa shape index (κ2) is 7.61. The van der Waals surface area contributed by atoms with Crippen molar-refractivity contribution in [1.29, 1.82) is 0 Å². The van der Waals surface area contributed by atoms with Crippen LogP contribution < -0.4 is 4.90 Å². The molecule has 0 unspecified atom stereocenters. The zero-order chi connectivity index (χ0) is 17.8. The molecule has 0 atom stereocenters. The molecule has 0 aliphatic carbocycles. The van der Waals surface area contributed by atoms with E-state index >= 15 is 0 Å². The van der Waals surface area contributed by atoms with Crippen LogP contribution in [0.1, 0.15) is 28.5 Å². The standard InChI is InChI=1S/C19H25N5O/c1-4-7-24-14-18(15(2)21-24)13-22-8-10-23(11-9-22)19-6-5-17(12-20-19)16(3)25/h4-6,12,14H,1,7-11,13H2,2-3H3. The smallest absolute Gasteiger partial charge is 0.161 e. The summed E-state index contributed by atoms with van der Waals surface area (Å²) >= 11 is 0. The molecule has 0 amide bonds. The number of nitrogens with zero attached hydrogens (tertiary/aromatic N) is 5. The normalized spacial score (nSPS) is 15.4. The molecular formula is C19H25N5O. The third kappa shape index (κ3) is 4.14. The highest BCUT2D eigenvalue weighted by Crippen LogP contribution is 2.16. The third-order valence-electron chi connectivity index (χ3n) is 4.61. The van der Waals surface area contributed by atoms with E-state index in [0.29, 0.717) is 5.56 Å². The largest absolute Gasteiger partial charge is 0.354 e. The molecule has 6 heteroatoms. The summed E-state index contributed by atoms with van der Waals surface area (Å²) in [6, 6.07) is 3.80. The van der Waals surface area contributed by atoms with Gasteiger partial charge in [-0.05, 0) is 26.0 Å². The Hall–Kier alpha value is -2.47. The van der Waals surface area contributed by atoms with E-state index in [1.165, 1.54) is 5.56 Å². The molecule has 3 heterocycles. The molecule has 0 N–H and O–H groups in total. The van der Waals surface area contributed by atoms with Gasteiger partial charge < -0.3 is 4.90 Å². The van der Waals surface area contributed by atoms with Crippen molar-refractivity contribution in [1.82, 2.24) is 19.7 Å². The van der Waals surface area contributed by atoms with Crippen molar-refractivity contribution in [3.8, 4) is 0 Å². The maximum Gasteiger partial charge on any atom is 0.161 e. The topological polar surface area (TPSA) is 54.3 Å². The number of ketones is 1. The lowest BCUT2D eigenvalue weighted by Gasteiger charge is -2.35. The second-order valence-corrected chi connectivity index (χ2v) is 6.47. The van der Waals surface area contributed by atoms with Crippen LogP contribution in [0.15, 0.2) is 37.2 Å². The Morgan fingerprint density at radius 3 is 2.64 bits per heavy atom. The van der Waals surface area contributed by atoms with Gasteiger partial charge in [-0.2, -0.15) is 5.10 Å². The van der Waals surface area contributed by atoms with Crippen LogP contribution in [-0.2, 0) is 13.1 Å². The Bertz CT molecular complexity index is 742. The fourth-order valence-corrected chi connectivity index (χ4v) is 3.10. The second-order valence-electron chi connectivity index (χ2n) is 6.47. The van der Waals surface area contributed by atoms with E-state index in [0.717, 1.165) is 50.8 Å². The van der Waals surface area contributed by atoms with Gasteiger partial charge in [0.2, 0.25) is 0 Å². The summed E-state index contributed by atoms with van der Waals surface area (Å²) < 4.78 is 1.94. The van der Waals surface area contributed by atoms with Crippen LogP contribution in [0.5, 0.6) is 0 Å². The minimum atomic E-state index is 0.0521. The van der Waals surface area contributed by atoms with Crippen molar-refractivity contribution in [3.05, 3.63) is 54.0 Å². The first kappa shape index (κ1) is 17.4. The van der Waals surface area contributed by atoms with Gasteiger partial charge in [-0.1, -0.05) is 6.08 Å². The van der Waals surface area contributed by atoms with E-state index in [4.69, 9.17) is 0 Å². The van der Waals surface area contributed by atoms with Crippen LogP contribution in [0, 0.1) is 6.92 Å². The Labute approximate surface area is 148 Å². The summed E-state index contributed by atoms with van der Waals surface area (Å²) in [6.45, 7) is 12.9. The maximum absolute atomic E-state index is 11.3. The first-order valence-electron chi connectivity index (χ1n) is 8.65. The predicted molar refractivity (Wildman–Crippen MR) is 98.9 cm³/mol. The molecule has 3 rings (SSSR count). The van der Waals surface area contributed by atoms with E-state index in [2.05, 4.69) is 39.6 Å². The molecule has 0 bridgehead atoms. The first-order valence-corrected chi connectivity index (χ1v) is 8.65. The summed E-state index contributed by atoms with van der Waals surface area (Å²) in [5.74, 6) is 0.996. The number of hydrogen-bond donors (Lipinski definition) is 0. The SMILES string of the molecule is C=CCn1cc(CN2CCN(c3ccc(C(C)=O)cn3)CC2)c(C)n1. The molecule has 0 saturated carbocycles. The summed E-state index contributed by atoms with van der Waals surface area (Å²) in [5, 5.41) is 4.52. The van der Waals surface area contributed by atoms with E-state index < -0.39 is 0 Å². The summed E-state index contributed by atoms with van der Waals surface area (Å²) in [6.07, 6.45) is 5.65. The lowest BCUT2D eigenvalue weighted by Crippen LogP contribution is -2.46. The van der Waals surface area contributed by atoms with Gasteiger partial charge in [0.25, 0.3) is 0 Å². The molecule has 1 saturated heterocycles. The molecule has 1 fully saturated rings. The fraction of sp³-hybridized carbons (Fsp3) is 0.421. The number of carbonyl (C=O) groups is 1. The van der Waals surface area contributed by atoms with Crippen molar-refractivity contribution in [3.63, 3.8) is 0 Å². The molecule has 2 aromatic heterocycles.